The summed E-state index contributed by atoms with van der Waals surface area (Å²) in [7, 11) is 0. The maximum absolute atomic E-state index is 12.2. The van der Waals surface area contributed by atoms with Crippen molar-refractivity contribution in [1.29, 1.82) is 0 Å². The van der Waals surface area contributed by atoms with Crippen molar-refractivity contribution in [3.63, 3.8) is 0 Å². The monoisotopic (exact) mass is 294 g/mol. The average Bonchev–Trinajstić information content (AvgIpc) is 2.37. The molecule has 1 unspecified atom stereocenters. The second-order valence-electron chi connectivity index (χ2n) is 4.97. The highest BCUT2D eigenvalue weighted by Crippen LogP contribution is 2.32. The first-order valence-electron chi connectivity index (χ1n) is 6.49. The van der Waals surface area contributed by atoms with Crippen LogP contribution in [0.3, 0.4) is 0 Å². The molecule has 1 aliphatic heterocycles. The Morgan fingerprint density at radius 2 is 1.95 bits per heavy atom. The third-order valence-corrected chi connectivity index (χ3v) is 3.32. The molecule has 0 bridgehead atoms. The average molecular weight is 294 g/mol. The summed E-state index contributed by atoms with van der Waals surface area (Å²) in [6.07, 6.45) is 0. The lowest BCUT2D eigenvalue weighted by atomic mass is 9.95. The summed E-state index contributed by atoms with van der Waals surface area (Å²) in [5, 5.41) is 2.81. The zero-order valence-electron chi connectivity index (χ0n) is 11.5. The largest absolute Gasteiger partial charge is 0.486 e. The van der Waals surface area contributed by atoms with Crippen molar-refractivity contribution in [2.24, 2.45) is 17.6 Å². The van der Waals surface area contributed by atoms with Gasteiger partial charge in [-0.15, -0.1) is 0 Å². The highest BCUT2D eigenvalue weighted by molar-refractivity contribution is 7.80. The van der Waals surface area contributed by atoms with Gasteiger partial charge in [0, 0.05) is 11.8 Å². The summed E-state index contributed by atoms with van der Waals surface area (Å²) >= 11 is 4.96. The molecule has 0 saturated carbocycles. The van der Waals surface area contributed by atoms with Crippen LogP contribution in [-0.4, -0.2) is 24.1 Å². The Hall–Kier alpha value is -1.82. The van der Waals surface area contributed by atoms with Gasteiger partial charge in [0.05, 0.1) is 10.9 Å². The van der Waals surface area contributed by atoms with Gasteiger partial charge in [0.15, 0.2) is 11.5 Å². The van der Waals surface area contributed by atoms with Gasteiger partial charge in [0.25, 0.3) is 0 Å². The predicted molar refractivity (Wildman–Crippen MR) is 81.2 cm³/mol. The molecular weight excluding hydrogens is 276 g/mol. The number of anilines is 1. The lowest BCUT2D eigenvalue weighted by Crippen LogP contribution is -2.36. The molecule has 1 aromatic rings. The molecule has 0 fully saturated rings. The summed E-state index contributed by atoms with van der Waals surface area (Å²) in [6, 6.07) is 5.28. The molecule has 1 amide bonds. The Kier molecular flexibility index (Phi) is 4.44. The Morgan fingerprint density at radius 3 is 2.55 bits per heavy atom. The number of benzene rings is 1. The van der Waals surface area contributed by atoms with E-state index in [4.69, 9.17) is 27.4 Å². The molecule has 0 aromatic heterocycles. The number of hydrogen-bond acceptors (Lipinski definition) is 4. The number of carbonyl (C=O) groups is 1. The van der Waals surface area contributed by atoms with E-state index < -0.39 is 5.92 Å². The number of nitrogens with two attached hydrogens (primary N) is 1. The van der Waals surface area contributed by atoms with Gasteiger partial charge >= 0.3 is 0 Å². The van der Waals surface area contributed by atoms with Crippen molar-refractivity contribution >= 4 is 28.8 Å². The zero-order chi connectivity index (χ0) is 14.7. The summed E-state index contributed by atoms with van der Waals surface area (Å²) in [6.45, 7) is 4.86. The topological polar surface area (TPSA) is 73.6 Å². The van der Waals surface area contributed by atoms with Gasteiger partial charge in [0.2, 0.25) is 5.91 Å². The van der Waals surface area contributed by atoms with Gasteiger partial charge in [-0.3, -0.25) is 4.79 Å². The van der Waals surface area contributed by atoms with Crippen molar-refractivity contribution in [1.82, 2.24) is 0 Å². The molecule has 3 N–H and O–H groups in total. The predicted octanol–water partition coefficient (Wildman–Crippen LogP) is 1.95. The minimum absolute atomic E-state index is 0.0460. The highest BCUT2D eigenvalue weighted by Gasteiger charge is 2.25. The molecule has 5 nitrogen and oxygen atoms in total. The zero-order valence-corrected chi connectivity index (χ0v) is 12.3. The molecule has 108 valence electrons. The van der Waals surface area contributed by atoms with E-state index in [1.807, 2.05) is 13.8 Å². The molecule has 1 aromatic carbocycles. The number of thiocarbonyl (C=S) groups is 1. The van der Waals surface area contributed by atoms with Gasteiger partial charge in [-0.2, -0.15) is 0 Å². The van der Waals surface area contributed by atoms with Crippen LogP contribution in [0.4, 0.5) is 5.69 Å². The fourth-order valence-electron chi connectivity index (χ4n) is 2.10. The highest BCUT2D eigenvalue weighted by atomic mass is 32.1. The smallest absolute Gasteiger partial charge is 0.234 e. The van der Waals surface area contributed by atoms with E-state index in [9.17, 15) is 4.79 Å². The van der Waals surface area contributed by atoms with Crippen LogP contribution >= 0.6 is 12.2 Å². The first kappa shape index (κ1) is 14.6. The van der Waals surface area contributed by atoms with Crippen LogP contribution in [0.25, 0.3) is 0 Å². The van der Waals surface area contributed by atoms with Crippen molar-refractivity contribution in [3.8, 4) is 11.5 Å². The van der Waals surface area contributed by atoms with Crippen LogP contribution in [0.5, 0.6) is 11.5 Å². The van der Waals surface area contributed by atoms with Crippen LogP contribution in [0, 0.1) is 11.8 Å². The number of hydrogen-bond donors (Lipinski definition) is 2. The summed E-state index contributed by atoms with van der Waals surface area (Å²) in [4.78, 5) is 12.4. The third kappa shape index (κ3) is 3.19. The molecule has 20 heavy (non-hydrogen) atoms. The fraction of sp³-hybridized carbons (Fsp3) is 0.429. The maximum Gasteiger partial charge on any atom is 0.234 e. The number of nitrogens with one attached hydrogen (secondary N) is 1. The molecule has 1 heterocycles. The molecule has 1 aliphatic rings. The SMILES string of the molecule is CC(C)C(C(=O)Nc1ccc2c(c1)OCCO2)C(N)=S. The molecule has 6 heteroatoms. The van der Waals surface area contributed by atoms with Gasteiger partial charge < -0.3 is 20.5 Å². The van der Waals surface area contributed by atoms with Crippen molar-refractivity contribution in [2.45, 2.75) is 13.8 Å². The lowest BCUT2D eigenvalue weighted by molar-refractivity contribution is -0.118. The number of carbonyl (C=O) groups excluding carboxylic acids is 1. The standard InChI is InChI=1S/C14H18N2O3S/c1-8(2)12(13(15)20)14(17)16-9-3-4-10-11(7-9)19-6-5-18-10/h3-4,7-8,12H,5-6H2,1-2H3,(H2,15,20)(H,16,17). The number of amides is 1. The van der Waals surface area contributed by atoms with Crippen LogP contribution in [0.15, 0.2) is 18.2 Å². The summed E-state index contributed by atoms with van der Waals surface area (Å²) < 4.78 is 10.9. The molecular formula is C14H18N2O3S. The summed E-state index contributed by atoms with van der Waals surface area (Å²) in [5.74, 6) is 0.668. The maximum atomic E-state index is 12.2. The number of fused-ring (bicyclic) bond motifs is 1. The van der Waals surface area contributed by atoms with Crippen molar-refractivity contribution < 1.29 is 14.3 Å². The Bertz CT molecular complexity index is 531. The molecule has 0 radical (unpaired) electrons. The quantitative estimate of drug-likeness (QED) is 0.830. The van der Waals surface area contributed by atoms with E-state index in [0.717, 1.165) is 0 Å². The number of rotatable bonds is 4. The minimum atomic E-state index is -0.488. The van der Waals surface area contributed by atoms with E-state index in [1.165, 1.54) is 0 Å². The Labute approximate surface area is 123 Å². The summed E-state index contributed by atoms with van der Waals surface area (Å²) in [5.41, 5.74) is 6.27. The van der Waals surface area contributed by atoms with Gasteiger partial charge in [-0.1, -0.05) is 26.1 Å². The van der Waals surface area contributed by atoms with Crippen LogP contribution < -0.4 is 20.5 Å². The third-order valence-electron chi connectivity index (χ3n) is 3.07. The molecule has 0 saturated heterocycles. The van der Waals surface area contributed by atoms with E-state index in [0.29, 0.717) is 30.4 Å². The normalized spacial score (nSPS) is 14.8. The molecule has 0 aliphatic carbocycles. The number of ether oxygens (including phenoxy) is 2. The fourth-order valence-corrected chi connectivity index (χ4v) is 2.48. The van der Waals surface area contributed by atoms with E-state index in [2.05, 4.69) is 5.32 Å². The van der Waals surface area contributed by atoms with E-state index >= 15 is 0 Å². The van der Waals surface area contributed by atoms with Gasteiger partial charge in [-0.25, -0.2) is 0 Å². The first-order valence-corrected chi connectivity index (χ1v) is 6.89. The molecule has 2 rings (SSSR count). The van der Waals surface area contributed by atoms with Crippen LogP contribution in [0.1, 0.15) is 13.8 Å². The van der Waals surface area contributed by atoms with Crippen molar-refractivity contribution in [2.75, 3.05) is 18.5 Å². The molecule has 0 spiro atoms. The Morgan fingerprint density at radius 1 is 1.30 bits per heavy atom. The lowest BCUT2D eigenvalue weighted by Gasteiger charge is -2.21. The molecule has 1 atom stereocenters. The van der Waals surface area contributed by atoms with Crippen molar-refractivity contribution in [3.05, 3.63) is 18.2 Å². The minimum Gasteiger partial charge on any atom is -0.486 e. The second-order valence-corrected chi connectivity index (χ2v) is 5.44. The first-order chi connectivity index (χ1) is 9.49. The van der Waals surface area contributed by atoms with E-state index in [-0.39, 0.29) is 16.8 Å². The van der Waals surface area contributed by atoms with Gasteiger partial charge in [0.1, 0.15) is 13.2 Å². The van der Waals surface area contributed by atoms with Crippen LogP contribution in [-0.2, 0) is 4.79 Å². The van der Waals surface area contributed by atoms with E-state index in [1.54, 1.807) is 18.2 Å². The second kappa shape index (κ2) is 6.09. The van der Waals surface area contributed by atoms with Gasteiger partial charge in [-0.05, 0) is 18.1 Å². The van der Waals surface area contributed by atoms with Crippen LogP contribution in [0.2, 0.25) is 0 Å². The Balaban J connectivity index is 2.13.